The molecule has 1 unspecified atom stereocenters. The highest BCUT2D eigenvalue weighted by molar-refractivity contribution is 5.74. The summed E-state index contributed by atoms with van der Waals surface area (Å²) in [5.41, 5.74) is 3.73. The zero-order valence-electron chi connectivity index (χ0n) is 27.4. The Bertz CT molecular complexity index is 1100. The van der Waals surface area contributed by atoms with Crippen LogP contribution in [0.1, 0.15) is 121 Å². The summed E-state index contributed by atoms with van der Waals surface area (Å²) in [6.07, 6.45) is 24.3. The molecule has 4 nitrogen and oxygen atoms in total. The van der Waals surface area contributed by atoms with Crippen molar-refractivity contribution < 1.29 is 18.8 Å². The van der Waals surface area contributed by atoms with Crippen molar-refractivity contribution in [2.45, 2.75) is 129 Å². The van der Waals surface area contributed by atoms with Gasteiger partial charge in [0.15, 0.2) is 12.7 Å². The van der Waals surface area contributed by atoms with Gasteiger partial charge in [0.2, 0.25) is 5.52 Å². The molecule has 3 aromatic rings. The molecule has 1 aromatic heterocycles. The molecule has 0 aliphatic rings. The van der Waals surface area contributed by atoms with Crippen LogP contribution in [0.3, 0.4) is 0 Å². The average molecular weight is 591 g/mol. The zero-order chi connectivity index (χ0) is 30.2. The van der Waals surface area contributed by atoms with Gasteiger partial charge in [-0.05, 0) is 24.1 Å². The van der Waals surface area contributed by atoms with Crippen LogP contribution in [0.15, 0.2) is 66.9 Å². The smallest absolute Gasteiger partial charge is 0.212 e. The van der Waals surface area contributed by atoms with Crippen LogP contribution >= 0.6 is 0 Å². The van der Waals surface area contributed by atoms with Crippen molar-refractivity contribution in [3.63, 3.8) is 0 Å². The highest BCUT2D eigenvalue weighted by Gasteiger charge is 2.13. The zero-order valence-corrected chi connectivity index (χ0v) is 27.4. The van der Waals surface area contributed by atoms with Crippen LogP contribution in [0.4, 0.5) is 0 Å². The summed E-state index contributed by atoms with van der Waals surface area (Å²) < 4.78 is 20.0. The second-order valence-electron chi connectivity index (χ2n) is 12.2. The Hall–Kier alpha value is -2.27. The number of para-hydroxylation sites is 1. The van der Waals surface area contributed by atoms with Gasteiger partial charge in [0.1, 0.15) is 6.10 Å². The molecule has 0 bridgehead atoms. The first kappa shape index (κ1) is 35.2. The van der Waals surface area contributed by atoms with E-state index in [0.717, 1.165) is 19.6 Å². The summed E-state index contributed by atoms with van der Waals surface area (Å²) in [5.74, 6) is 0. The molecule has 0 amide bonds. The molecule has 0 aliphatic carbocycles. The molecule has 3 rings (SSSR count). The molecule has 0 fully saturated rings. The summed E-state index contributed by atoms with van der Waals surface area (Å²) in [5, 5.41) is 1.25. The van der Waals surface area contributed by atoms with Gasteiger partial charge in [-0.2, -0.15) is 4.57 Å². The lowest BCUT2D eigenvalue weighted by molar-refractivity contribution is -0.662. The Labute approximate surface area is 263 Å². The van der Waals surface area contributed by atoms with E-state index in [1.54, 1.807) is 7.11 Å². The fourth-order valence-corrected chi connectivity index (χ4v) is 5.85. The van der Waals surface area contributed by atoms with Gasteiger partial charge in [-0.3, -0.25) is 0 Å². The minimum absolute atomic E-state index is 0.0411. The molecule has 238 valence electrons. The summed E-state index contributed by atoms with van der Waals surface area (Å²) in [4.78, 5) is 0. The summed E-state index contributed by atoms with van der Waals surface area (Å²) in [6.45, 7) is 5.61. The molecule has 0 saturated carbocycles. The molecular weight excluding hydrogens is 530 g/mol. The van der Waals surface area contributed by atoms with Gasteiger partial charge in [-0.25, -0.2) is 0 Å². The maximum Gasteiger partial charge on any atom is 0.212 e. The van der Waals surface area contributed by atoms with Gasteiger partial charge in [-0.1, -0.05) is 140 Å². The minimum atomic E-state index is -0.0411. The van der Waals surface area contributed by atoms with Gasteiger partial charge >= 0.3 is 0 Å². The quantitative estimate of drug-likeness (QED) is 0.0689. The Morgan fingerprint density at radius 3 is 1.77 bits per heavy atom. The summed E-state index contributed by atoms with van der Waals surface area (Å²) in [6, 6.07) is 21.4. The third-order valence-corrected chi connectivity index (χ3v) is 8.59. The van der Waals surface area contributed by atoms with Crippen LogP contribution in [0.2, 0.25) is 0 Å². The van der Waals surface area contributed by atoms with E-state index in [1.165, 1.54) is 118 Å². The number of nitrogens with zero attached hydrogens (tertiary/aromatic N) is 1. The van der Waals surface area contributed by atoms with Gasteiger partial charge < -0.3 is 14.2 Å². The van der Waals surface area contributed by atoms with E-state index in [1.807, 2.05) is 0 Å². The second kappa shape index (κ2) is 23.2. The largest absolute Gasteiger partial charge is 0.379 e. The van der Waals surface area contributed by atoms with Crippen molar-refractivity contribution in [3.05, 3.63) is 78.0 Å². The van der Waals surface area contributed by atoms with E-state index >= 15 is 0 Å². The lowest BCUT2D eigenvalue weighted by Gasteiger charge is -2.16. The molecule has 0 radical (unpaired) electrons. The number of methoxy groups -OCH3 is 1. The normalized spacial score (nSPS) is 12.2. The predicted octanol–water partition coefficient (Wildman–Crippen LogP) is 9.99. The number of aromatic nitrogens is 1. The van der Waals surface area contributed by atoms with Crippen molar-refractivity contribution in [1.82, 2.24) is 0 Å². The lowest BCUT2D eigenvalue weighted by atomic mass is 10.0. The maximum atomic E-state index is 6.11. The molecule has 0 aliphatic heterocycles. The number of ether oxygens (including phenoxy) is 3. The molecular formula is C39H60NO3+. The number of fused-ring (bicyclic) bond motifs is 1. The first-order valence-electron chi connectivity index (χ1n) is 17.4. The Morgan fingerprint density at radius 1 is 0.581 bits per heavy atom. The number of hydrogen-bond donors (Lipinski definition) is 0. The molecule has 0 N–H and O–H groups in total. The lowest BCUT2D eigenvalue weighted by Crippen LogP contribution is -2.35. The molecule has 0 saturated heterocycles. The second-order valence-corrected chi connectivity index (χ2v) is 12.2. The van der Waals surface area contributed by atoms with E-state index in [4.69, 9.17) is 14.2 Å². The van der Waals surface area contributed by atoms with E-state index < -0.39 is 0 Å². The predicted molar refractivity (Wildman–Crippen MR) is 181 cm³/mol. The molecule has 1 heterocycles. The molecule has 43 heavy (non-hydrogen) atoms. The first-order valence-corrected chi connectivity index (χ1v) is 17.4. The standard InChI is InChI=1S/C39H60NO3/c1-3-4-5-6-7-8-9-10-11-12-13-14-15-16-17-22-30-42-33-38(41-2)34-43-32-37-26-19-18-25-36(37)31-40-29-23-27-35-24-20-21-28-39(35)40/h18-21,23-29,38H,3-17,22,30-34H2,1-2H3/q+1. The topological polar surface area (TPSA) is 31.6 Å². The molecule has 2 aromatic carbocycles. The maximum absolute atomic E-state index is 6.11. The SMILES string of the molecule is CCCCCCCCCCCCCCCCCCOCC(COCc1ccccc1C[n+]1cccc2ccccc21)OC. The van der Waals surface area contributed by atoms with Gasteiger partial charge in [-0.15, -0.1) is 0 Å². The van der Waals surface area contributed by atoms with E-state index in [-0.39, 0.29) is 6.10 Å². The van der Waals surface area contributed by atoms with E-state index in [9.17, 15) is 0 Å². The number of rotatable bonds is 26. The van der Waals surface area contributed by atoms with Gasteiger partial charge in [0, 0.05) is 36.8 Å². The summed E-state index contributed by atoms with van der Waals surface area (Å²) >= 11 is 0. The monoisotopic (exact) mass is 590 g/mol. The van der Waals surface area contributed by atoms with Crippen LogP contribution < -0.4 is 4.57 Å². The number of hydrogen-bond acceptors (Lipinski definition) is 3. The van der Waals surface area contributed by atoms with Crippen molar-refractivity contribution in [3.8, 4) is 0 Å². The van der Waals surface area contributed by atoms with Crippen molar-refractivity contribution >= 4 is 10.9 Å². The minimum Gasteiger partial charge on any atom is -0.379 e. The van der Waals surface area contributed by atoms with Crippen molar-refractivity contribution in [2.75, 3.05) is 26.9 Å². The van der Waals surface area contributed by atoms with Gasteiger partial charge in [0.25, 0.3) is 0 Å². The van der Waals surface area contributed by atoms with Crippen LogP contribution in [0, 0.1) is 0 Å². The average Bonchev–Trinajstić information content (AvgIpc) is 3.04. The van der Waals surface area contributed by atoms with Crippen LogP contribution in [0.25, 0.3) is 10.9 Å². The van der Waals surface area contributed by atoms with Crippen LogP contribution in [-0.4, -0.2) is 33.0 Å². The van der Waals surface area contributed by atoms with E-state index in [0.29, 0.717) is 19.8 Å². The Morgan fingerprint density at radius 2 is 1.12 bits per heavy atom. The fourth-order valence-electron chi connectivity index (χ4n) is 5.85. The Kier molecular flexibility index (Phi) is 19.0. The van der Waals surface area contributed by atoms with Crippen molar-refractivity contribution in [2.24, 2.45) is 0 Å². The Balaban J connectivity index is 1.18. The third kappa shape index (κ3) is 14.8. The highest BCUT2D eigenvalue weighted by atomic mass is 16.6. The van der Waals surface area contributed by atoms with E-state index in [2.05, 4.69) is 78.4 Å². The number of pyridine rings is 1. The first-order chi connectivity index (χ1) is 21.3. The molecule has 4 heteroatoms. The van der Waals surface area contributed by atoms with Crippen LogP contribution in [0.5, 0.6) is 0 Å². The number of unbranched alkanes of at least 4 members (excludes halogenated alkanes) is 15. The number of benzene rings is 2. The third-order valence-electron chi connectivity index (χ3n) is 8.59. The van der Waals surface area contributed by atoms with Gasteiger partial charge in [0.05, 0.1) is 19.8 Å². The molecule has 1 atom stereocenters. The van der Waals surface area contributed by atoms with Crippen molar-refractivity contribution in [1.29, 1.82) is 0 Å². The molecule has 0 spiro atoms. The highest BCUT2D eigenvalue weighted by Crippen LogP contribution is 2.15. The summed E-state index contributed by atoms with van der Waals surface area (Å²) in [7, 11) is 1.75. The fraction of sp³-hybridized carbons (Fsp3) is 0.615. The van der Waals surface area contributed by atoms with Crippen LogP contribution in [-0.2, 0) is 27.4 Å².